The number of rotatable bonds is 16. The Morgan fingerprint density at radius 2 is 1.69 bits per heavy atom. The number of nitrogens with one attached hydrogen (secondary N) is 4. The number of aromatic amines is 1. The molecule has 0 radical (unpaired) electrons. The van der Waals surface area contributed by atoms with Crippen LogP contribution < -0.4 is 27.4 Å². The molecule has 0 aliphatic rings. The maximum atomic E-state index is 13.1. The summed E-state index contributed by atoms with van der Waals surface area (Å²) in [4.78, 5) is 57.1. The second-order valence-electron chi connectivity index (χ2n) is 9.17. The highest BCUT2D eigenvalue weighted by molar-refractivity contribution is 5.94. The molecule has 1 heterocycles. The van der Waals surface area contributed by atoms with Gasteiger partial charge in [-0.05, 0) is 37.6 Å². The summed E-state index contributed by atoms with van der Waals surface area (Å²) >= 11 is 0. The summed E-state index contributed by atoms with van der Waals surface area (Å²) in [6.07, 6.45) is 5.30. The minimum atomic E-state index is -1.14. The fourth-order valence-corrected chi connectivity index (χ4v) is 3.48. The van der Waals surface area contributed by atoms with Crippen LogP contribution >= 0.6 is 0 Å². The van der Waals surface area contributed by atoms with Crippen molar-refractivity contribution in [3.63, 3.8) is 0 Å². The van der Waals surface area contributed by atoms with Crippen LogP contribution in [0.3, 0.4) is 0 Å². The van der Waals surface area contributed by atoms with Crippen LogP contribution in [0.1, 0.15) is 59.1 Å². The summed E-state index contributed by atoms with van der Waals surface area (Å²) in [5, 5.41) is 17.4. The number of aromatic nitrogens is 2. The van der Waals surface area contributed by atoms with Crippen LogP contribution in [0.5, 0.6) is 0 Å². The van der Waals surface area contributed by atoms with Crippen LogP contribution in [-0.2, 0) is 25.6 Å². The number of aliphatic carboxylic acids is 1. The van der Waals surface area contributed by atoms with E-state index >= 15 is 0 Å². The zero-order valence-corrected chi connectivity index (χ0v) is 21.0. The highest BCUT2D eigenvalue weighted by atomic mass is 16.4. The zero-order chi connectivity index (χ0) is 26.5. The van der Waals surface area contributed by atoms with Gasteiger partial charge in [0.1, 0.15) is 18.1 Å². The molecule has 0 aliphatic carbocycles. The fourth-order valence-electron chi connectivity index (χ4n) is 3.48. The van der Waals surface area contributed by atoms with Gasteiger partial charge < -0.3 is 37.5 Å². The summed E-state index contributed by atoms with van der Waals surface area (Å²) in [5.41, 5.74) is 12.2. The van der Waals surface area contributed by atoms with Crippen molar-refractivity contribution >= 4 is 23.7 Å². The van der Waals surface area contributed by atoms with Crippen molar-refractivity contribution in [3.8, 4) is 0 Å². The molecule has 9 N–H and O–H groups in total. The number of imidazole rings is 1. The van der Waals surface area contributed by atoms with E-state index in [4.69, 9.17) is 11.5 Å². The van der Waals surface area contributed by atoms with Gasteiger partial charge in [-0.15, -0.1) is 0 Å². The topological polar surface area (TPSA) is 205 Å². The van der Waals surface area contributed by atoms with Gasteiger partial charge in [0.15, 0.2) is 0 Å². The lowest BCUT2D eigenvalue weighted by Gasteiger charge is -2.28. The van der Waals surface area contributed by atoms with Gasteiger partial charge in [-0.25, -0.2) is 9.78 Å². The average molecular weight is 496 g/mol. The van der Waals surface area contributed by atoms with Crippen LogP contribution in [-0.4, -0.2) is 69.5 Å². The molecule has 0 bridgehead atoms. The highest BCUT2D eigenvalue weighted by Gasteiger charge is 2.32. The molecule has 198 valence electrons. The second-order valence-corrected chi connectivity index (χ2v) is 9.17. The summed E-state index contributed by atoms with van der Waals surface area (Å²) in [5.74, 6) is -3.38. The number of amides is 3. The predicted octanol–water partition coefficient (Wildman–Crippen LogP) is -0.350. The van der Waals surface area contributed by atoms with Crippen LogP contribution in [0.2, 0.25) is 0 Å². The van der Waals surface area contributed by atoms with E-state index in [9.17, 15) is 24.3 Å². The van der Waals surface area contributed by atoms with E-state index in [1.807, 2.05) is 6.92 Å². The standard InChI is InChI=1S/C23H41N7O5/c1-5-14(4)19(23(34)35)30-21(32)17(8-6-7-9-24)28-22(33)18(13(2)3)29-20(31)16(25)10-15-11-26-12-27-15/h11-14,16-19H,5-10,24-25H2,1-4H3,(H,26,27)(H,28,33)(H,29,31)(H,30,32)(H,34,35). The first-order chi connectivity index (χ1) is 16.5. The third-order valence-corrected chi connectivity index (χ3v) is 5.94. The minimum absolute atomic E-state index is 0.217. The molecule has 5 atom stereocenters. The number of nitrogens with zero attached hydrogens (tertiary/aromatic N) is 1. The van der Waals surface area contributed by atoms with Gasteiger partial charge in [0.25, 0.3) is 0 Å². The summed E-state index contributed by atoms with van der Waals surface area (Å²) < 4.78 is 0. The molecule has 0 spiro atoms. The van der Waals surface area contributed by atoms with Crippen molar-refractivity contribution in [2.24, 2.45) is 23.3 Å². The Morgan fingerprint density at radius 3 is 2.20 bits per heavy atom. The smallest absolute Gasteiger partial charge is 0.326 e. The SMILES string of the molecule is CCC(C)C(NC(=O)C(CCCCN)NC(=O)C(NC(=O)C(N)Cc1cnc[nH]1)C(C)C)C(=O)O. The van der Waals surface area contributed by atoms with Crippen molar-refractivity contribution in [2.75, 3.05) is 6.54 Å². The molecule has 0 fully saturated rings. The largest absolute Gasteiger partial charge is 0.480 e. The predicted molar refractivity (Wildman–Crippen MR) is 131 cm³/mol. The lowest BCUT2D eigenvalue weighted by molar-refractivity contribution is -0.144. The van der Waals surface area contributed by atoms with Gasteiger partial charge in [-0.3, -0.25) is 14.4 Å². The van der Waals surface area contributed by atoms with E-state index in [0.717, 1.165) is 0 Å². The molecule has 0 aliphatic heterocycles. The quantitative estimate of drug-likeness (QED) is 0.150. The van der Waals surface area contributed by atoms with E-state index < -0.39 is 47.9 Å². The van der Waals surface area contributed by atoms with E-state index in [-0.39, 0.29) is 24.7 Å². The number of carbonyl (C=O) groups excluding carboxylic acids is 3. The maximum Gasteiger partial charge on any atom is 0.326 e. The number of H-pyrrole nitrogens is 1. The van der Waals surface area contributed by atoms with Crippen LogP contribution in [0.4, 0.5) is 0 Å². The third kappa shape index (κ3) is 10.0. The van der Waals surface area contributed by atoms with Gasteiger partial charge in [-0.1, -0.05) is 34.1 Å². The molecule has 12 heteroatoms. The van der Waals surface area contributed by atoms with E-state index in [1.54, 1.807) is 27.0 Å². The molecular weight excluding hydrogens is 454 g/mol. The molecule has 5 unspecified atom stereocenters. The van der Waals surface area contributed by atoms with Crippen LogP contribution in [0.25, 0.3) is 0 Å². The third-order valence-electron chi connectivity index (χ3n) is 5.94. The lowest BCUT2D eigenvalue weighted by Crippen LogP contribution is -2.59. The Kier molecular flexibility index (Phi) is 13.0. The lowest BCUT2D eigenvalue weighted by atomic mass is 9.98. The van der Waals surface area contributed by atoms with Crippen LogP contribution in [0.15, 0.2) is 12.5 Å². The summed E-state index contributed by atoms with van der Waals surface area (Å²) in [6, 6.07) is -3.90. The first kappa shape index (κ1) is 30.0. The van der Waals surface area contributed by atoms with E-state index in [2.05, 4.69) is 25.9 Å². The molecule has 1 rings (SSSR count). The molecule has 0 saturated carbocycles. The van der Waals surface area contributed by atoms with Gasteiger partial charge in [0.2, 0.25) is 17.7 Å². The van der Waals surface area contributed by atoms with Crippen molar-refractivity contribution in [1.82, 2.24) is 25.9 Å². The second kappa shape index (κ2) is 15.1. The Morgan fingerprint density at radius 1 is 1.03 bits per heavy atom. The zero-order valence-electron chi connectivity index (χ0n) is 21.0. The Hall–Kier alpha value is -2.99. The number of carboxylic acid groups (broad SMARTS) is 1. The molecule has 12 nitrogen and oxygen atoms in total. The number of unbranched alkanes of at least 4 members (excludes halogenated alkanes) is 1. The van der Waals surface area contributed by atoms with Crippen LogP contribution in [0, 0.1) is 11.8 Å². The fraction of sp³-hybridized carbons (Fsp3) is 0.696. The Labute approximate surface area is 206 Å². The Balaban J connectivity index is 2.92. The molecule has 1 aromatic rings. The van der Waals surface area contributed by atoms with Gasteiger partial charge >= 0.3 is 5.97 Å². The van der Waals surface area contributed by atoms with Gasteiger partial charge in [0, 0.05) is 18.3 Å². The first-order valence-corrected chi connectivity index (χ1v) is 12.1. The number of hydrogen-bond acceptors (Lipinski definition) is 7. The van der Waals surface area contributed by atoms with Crippen molar-refractivity contribution < 1.29 is 24.3 Å². The molecular formula is C23H41N7O5. The molecule has 1 aromatic heterocycles. The minimum Gasteiger partial charge on any atom is -0.480 e. The molecule has 35 heavy (non-hydrogen) atoms. The van der Waals surface area contributed by atoms with Crippen molar-refractivity contribution in [1.29, 1.82) is 0 Å². The maximum absolute atomic E-state index is 13.1. The monoisotopic (exact) mass is 495 g/mol. The van der Waals surface area contributed by atoms with Crippen molar-refractivity contribution in [3.05, 3.63) is 18.2 Å². The normalized spacial score (nSPS) is 15.5. The van der Waals surface area contributed by atoms with Crippen molar-refractivity contribution in [2.45, 2.75) is 84.0 Å². The average Bonchev–Trinajstić information content (AvgIpc) is 3.31. The summed E-state index contributed by atoms with van der Waals surface area (Å²) in [7, 11) is 0. The molecule has 0 saturated heterocycles. The molecule has 0 aromatic carbocycles. The number of carbonyl (C=O) groups is 4. The summed E-state index contributed by atoms with van der Waals surface area (Å²) in [6.45, 7) is 7.51. The number of nitrogens with two attached hydrogens (primary N) is 2. The molecule has 3 amide bonds. The van der Waals surface area contributed by atoms with Gasteiger partial charge in [-0.2, -0.15) is 0 Å². The van der Waals surface area contributed by atoms with E-state index in [1.165, 1.54) is 6.33 Å². The highest BCUT2D eigenvalue weighted by Crippen LogP contribution is 2.11. The Bertz CT molecular complexity index is 815. The van der Waals surface area contributed by atoms with E-state index in [0.29, 0.717) is 31.5 Å². The number of carboxylic acids is 1. The first-order valence-electron chi connectivity index (χ1n) is 12.1. The number of hydrogen-bond donors (Lipinski definition) is 7. The van der Waals surface area contributed by atoms with Gasteiger partial charge in [0.05, 0.1) is 12.4 Å².